The molecule has 0 bridgehead atoms. The molecule has 0 heterocycles. The predicted octanol–water partition coefficient (Wildman–Crippen LogP) is 1.52. The van der Waals surface area contributed by atoms with Crippen molar-refractivity contribution in [2.75, 3.05) is 23.8 Å². The normalized spacial score (nSPS) is 12.6. The number of carbonyl (C=O) groups excluding carboxylic acids is 1. The minimum absolute atomic E-state index is 0.0102. The number of aliphatic hydroxyl groups excluding tert-OH is 1. The van der Waals surface area contributed by atoms with Crippen LogP contribution in [0.5, 0.6) is 0 Å². The number of hydrogen-bond acceptors (Lipinski definition) is 6. The quantitative estimate of drug-likeness (QED) is 0.330. The highest BCUT2D eigenvalue weighted by molar-refractivity contribution is 5.69. The molecule has 7 nitrogen and oxygen atoms in total. The SMILES string of the molecule is CCN(CC(O)N(N)c1ccccc1N)C(=O)OC(C)(C)C. The van der Waals surface area contributed by atoms with Crippen LogP contribution in [0, 0.1) is 0 Å². The lowest BCUT2D eigenvalue weighted by molar-refractivity contribution is 0.0156. The topological polar surface area (TPSA) is 105 Å². The number of nitrogens with zero attached hydrogens (tertiary/aromatic N) is 2. The largest absolute Gasteiger partial charge is 0.444 e. The molecule has 0 saturated carbocycles. The average Bonchev–Trinajstić information content (AvgIpc) is 2.42. The van der Waals surface area contributed by atoms with Gasteiger partial charge >= 0.3 is 6.09 Å². The van der Waals surface area contributed by atoms with Gasteiger partial charge in [-0.15, -0.1) is 0 Å². The van der Waals surface area contributed by atoms with Gasteiger partial charge in [0.2, 0.25) is 0 Å². The zero-order valence-corrected chi connectivity index (χ0v) is 13.6. The number of likely N-dealkylation sites (N-methyl/N-ethyl adjacent to an activating group) is 1. The number of aliphatic hydroxyl groups is 1. The molecule has 0 aliphatic heterocycles. The van der Waals surface area contributed by atoms with Crippen molar-refractivity contribution in [3.8, 4) is 0 Å². The summed E-state index contributed by atoms with van der Waals surface area (Å²) in [5.41, 5.74) is 6.18. The van der Waals surface area contributed by atoms with Crippen LogP contribution in [0.25, 0.3) is 0 Å². The maximum absolute atomic E-state index is 12.1. The monoisotopic (exact) mass is 310 g/mol. The second-order valence-corrected chi connectivity index (χ2v) is 5.97. The Hall–Kier alpha value is -1.99. The molecule has 1 aromatic carbocycles. The van der Waals surface area contributed by atoms with Gasteiger partial charge in [-0.1, -0.05) is 12.1 Å². The summed E-state index contributed by atoms with van der Waals surface area (Å²) in [4.78, 5) is 13.4. The number of benzene rings is 1. The summed E-state index contributed by atoms with van der Waals surface area (Å²) in [6.07, 6.45) is -1.60. The first kappa shape index (κ1) is 18.1. The Bertz CT molecular complexity index is 502. The van der Waals surface area contributed by atoms with Gasteiger partial charge in [-0.25, -0.2) is 10.6 Å². The number of amides is 1. The van der Waals surface area contributed by atoms with Crippen molar-refractivity contribution in [2.45, 2.75) is 39.5 Å². The van der Waals surface area contributed by atoms with E-state index in [1.807, 2.05) is 0 Å². The van der Waals surface area contributed by atoms with Crippen LogP contribution in [0.3, 0.4) is 0 Å². The van der Waals surface area contributed by atoms with E-state index < -0.39 is 17.9 Å². The van der Waals surface area contributed by atoms with E-state index in [4.69, 9.17) is 16.3 Å². The van der Waals surface area contributed by atoms with Crippen LogP contribution in [0.2, 0.25) is 0 Å². The predicted molar refractivity (Wildman–Crippen MR) is 87.0 cm³/mol. The van der Waals surface area contributed by atoms with Crippen molar-refractivity contribution >= 4 is 17.5 Å². The Morgan fingerprint density at radius 1 is 1.36 bits per heavy atom. The molecule has 0 aliphatic rings. The maximum Gasteiger partial charge on any atom is 0.410 e. The first-order chi connectivity index (χ1) is 10.2. The minimum Gasteiger partial charge on any atom is -0.444 e. The highest BCUT2D eigenvalue weighted by Crippen LogP contribution is 2.21. The van der Waals surface area contributed by atoms with Crippen LogP contribution in [-0.2, 0) is 4.74 Å². The fourth-order valence-corrected chi connectivity index (χ4v) is 1.83. The number of carbonyl (C=O) groups is 1. The van der Waals surface area contributed by atoms with E-state index >= 15 is 0 Å². The summed E-state index contributed by atoms with van der Waals surface area (Å²) in [6.45, 7) is 7.56. The summed E-state index contributed by atoms with van der Waals surface area (Å²) in [5.74, 6) is 5.89. The van der Waals surface area contributed by atoms with E-state index in [0.717, 1.165) is 5.01 Å². The maximum atomic E-state index is 12.1. The summed E-state index contributed by atoms with van der Waals surface area (Å²) in [5, 5.41) is 11.4. The van der Waals surface area contributed by atoms with Crippen LogP contribution in [0.1, 0.15) is 27.7 Å². The fourth-order valence-electron chi connectivity index (χ4n) is 1.83. The fraction of sp³-hybridized carbons (Fsp3) is 0.533. The van der Waals surface area contributed by atoms with E-state index in [2.05, 4.69) is 0 Å². The molecule has 1 unspecified atom stereocenters. The van der Waals surface area contributed by atoms with Gasteiger partial charge in [0.05, 0.1) is 17.9 Å². The third-order valence-corrected chi connectivity index (χ3v) is 2.95. The molecule has 1 rings (SSSR count). The summed E-state index contributed by atoms with van der Waals surface area (Å²) in [7, 11) is 0. The number of hydrogen-bond donors (Lipinski definition) is 3. The molecule has 7 heteroatoms. The Kier molecular flexibility index (Phi) is 6.01. The van der Waals surface area contributed by atoms with Crippen LogP contribution < -0.4 is 16.6 Å². The van der Waals surface area contributed by atoms with Gasteiger partial charge in [0.15, 0.2) is 6.23 Å². The number of anilines is 2. The van der Waals surface area contributed by atoms with Crippen molar-refractivity contribution in [3.05, 3.63) is 24.3 Å². The zero-order chi connectivity index (χ0) is 16.9. The third-order valence-electron chi connectivity index (χ3n) is 2.95. The van der Waals surface area contributed by atoms with Crippen LogP contribution >= 0.6 is 0 Å². The number of para-hydroxylation sites is 2. The Morgan fingerprint density at radius 2 is 1.95 bits per heavy atom. The van der Waals surface area contributed by atoms with E-state index in [9.17, 15) is 9.90 Å². The number of hydrazine groups is 1. The summed E-state index contributed by atoms with van der Waals surface area (Å²) in [6, 6.07) is 6.93. The van der Waals surface area contributed by atoms with Crippen LogP contribution in [0.4, 0.5) is 16.2 Å². The molecule has 124 valence electrons. The molecule has 0 radical (unpaired) electrons. The van der Waals surface area contributed by atoms with Gasteiger partial charge in [-0.3, -0.25) is 5.01 Å². The van der Waals surface area contributed by atoms with E-state index in [1.165, 1.54) is 4.90 Å². The molecule has 0 spiro atoms. The molecule has 1 atom stereocenters. The minimum atomic E-state index is -1.10. The molecule has 1 amide bonds. The van der Waals surface area contributed by atoms with Gasteiger partial charge in [0.1, 0.15) is 5.60 Å². The number of nitrogen functional groups attached to an aromatic ring is 1. The molecule has 0 fully saturated rings. The van der Waals surface area contributed by atoms with Gasteiger partial charge in [-0.05, 0) is 39.8 Å². The molecule has 5 N–H and O–H groups in total. The number of ether oxygens (including phenoxy) is 1. The highest BCUT2D eigenvalue weighted by Gasteiger charge is 2.25. The van der Waals surface area contributed by atoms with Crippen molar-refractivity contribution in [1.29, 1.82) is 0 Å². The number of nitrogens with two attached hydrogens (primary N) is 2. The first-order valence-electron chi connectivity index (χ1n) is 7.20. The van der Waals surface area contributed by atoms with Crippen molar-refractivity contribution in [2.24, 2.45) is 5.84 Å². The smallest absolute Gasteiger partial charge is 0.410 e. The van der Waals surface area contributed by atoms with Crippen molar-refractivity contribution < 1.29 is 14.6 Å². The lowest BCUT2D eigenvalue weighted by Crippen LogP contribution is -2.50. The lowest BCUT2D eigenvalue weighted by atomic mass is 10.2. The van der Waals surface area contributed by atoms with Gasteiger partial charge < -0.3 is 20.5 Å². The zero-order valence-electron chi connectivity index (χ0n) is 13.6. The second kappa shape index (κ2) is 7.33. The Balaban J connectivity index is 2.74. The highest BCUT2D eigenvalue weighted by atomic mass is 16.6. The molecule has 22 heavy (non-hydrogen) atoms. The summed E-state index contributed by atoms with van der Waals surface area (Å²) >= 11 is 0. The van der Waals surface area contributed by atoms with Crippen LogP contribution in [-0.4, -0.2) is 41.0 Å². The molecular weight excluding hydrogens is 284 g/mol. The van der Waals surface area contributed by atoms with E-state index in [0.29, 0.717) is 17.9 Å². The lowest BCUT2D eigenvalue weighted by Gasteiger charge is -2.32. The molecule has 0 saturated heterocycles. The molecular formula is C15H26N4O3. The average molecular weight is 310 g/mol. The summed E-state index contributed by atoms with van der Waals surface area (Å²) < 4.78 is 5.29. The molecule has 1 aromatic rings. The first-order valence-corrected chi connectivity index (χ1v) is 7.20. The second-order valence-electron chi connectivity index (χ2n) is 5.97. The van der Waals surface area contributed by atoms with E-state index in [1.54, 1.807) is 52.0 Å². The van der Waals surface area contributed by atoms with Crippen molar-refractivity contribution in [3.63, 3.8) is 0 Å². The Labute approximate surface area is 131 Å². The number of rotatable bonds is 5. The Morgan fingerprint density at radius 3 is 2.45 bits per heavy atom. The van der Waals surface area contributed by atoms with Crippen molar-refractivity contribution in [1.82, 2.24) is 4.90 Å². The standard InChI is InChI=1S/C15H26N4O3/c1-5-18(14(21)22-15(2,3)4)10-13(20)19(17)12-9-7-6-8-11(12)16/h6-9,13,20H,5,10,16-17H2,1-4H3. The molecule has 0 aliphatic carbocycles. The van der Waals surface area contributed by atoms with Crippen LogP contribution in [0.15, 0.2) is 24.3 Å². The van der Waals surface area contributed by atoms with Gasteiger partial charge in [-0.2, -0.15) is 0 Å². The third kappa shape index (κ3) is 5.09. The van der Waals surface area contributed by atoms with Gasteiger partial charge in [0, 0.05) is 6.54 Å². The molecule has 0 aromatic heterocycles. The van der Waals surface area contributed by atoms with Gasteiger partial charge in [0.25, 0.3) is 0 Å². The van der Waals surface area contributed by atoms with E-state index in [-0.39, 0.29) is 6.54 Å².